The first-order valence-electron chi connectivity index (χ1n) is 10.4. The normalized spacial score (nSPS) is 19.9. The molecular weight excluding hydrogens is 385 g/mol. The van der Waals surface area contributed by atoms with Crippen molar-refractivity contribution in [2.45, 2.75) is 38.6 Å². The first kappa shape index (κ1) is 20.3. The van der Waals surface area contributed by atoms with Crippen molar-refractivity contribution in [3.8, 4) is 11.1 Å². The van der Waals surface area contributed by atoms with Crippen LogP contribution in [0.2, 0.25) is 0 Å². The molecule has 1 aromatic heterocycles. The molecule has 2 saturated heterocycles. The zero-order chi connectivity index (χ0) is 21.3. The van der Waals surface area contributed by atoms with Crippen LogP contribution in [0.1, 0.15) is 44.3 Å². The van der Waals surface area contributed by atoms with Crippen LogP contribution in [-0.4, -0.2) is 51.2 Å². The standard InChI is InChI=1S/C22H26FN5O2/c1-14(29)27-10-7-15(8-11-27)21(30)28-9-3-6-19(28)20-18(13-25-22(24)26-20)16-4-2-5-17(23)12-16/h2,4-5,12-13,15,19H,3,6-11H2,1H3,(H2,24,25,26)/t19-/m1/s1. The highest BCUT2D eigenvalue weighted by molar-refractivity contribution is 5.81. The average molecular weight is 411 g/mol. The maximum absolute atomic E-state index is 13.8. The van der Waals surface area contributed by atoms with E-state index < -0.39 is 0 Å². The number of halogens is 1. The molecule has 1 atom stereocenters. The molecular formula is C22H26FN5O2. The maximum atomic E-state index is 13.8. The fourth-order valence-electron chi connectivity index (χ4n) is 4.53. The van der Waals surface area contributed by atoms with E-state index in [4.69, 9.17) is 5.73 Å². The summed E-state index contributed by atoms with van der Waals surface area (Å²) in [6.07, 6.45) is 4.60. The Morgan fingerprint density at radius 3 is 2.63 bits per heavy atom. The highest BCUT2D eigenvalue weighted by atomic mass is 19.1. The lowest BCUT2D eigenvalue weighted by molar-refractivity contribution is -0.140. The average Bonchev–Trinajstić information content (AvgIpc) is 3.23. The van der Waals surface area contributed by atoms with Gasteiger partial charge in [-0.3, -0.25) is 9.59 Å². The van der Waals surface area contributed by atoms with E-state index in [-0.39, 0.29) is 35.5 Å². The summed E-state index contributed by atoms with van der Waals surface area (Å²) >= 11 is 0. The first-order valence-corrected chi connectivity index (χ1v) is 10.4. The van der Waals surface area contributed by atoms with E-state index in [1.807, 2.05) is 4.90 Å². The van der Waals surface area contributed by atoms with Crippen LogP contribution < -0.4 is 5.73 Å². The van der Waals surface area contributed by atoms with E-state index in [0.717, 1.165) is 12.8 Å². The third kappa shape index (κ3) is 3.99. The summed E-state index contributed by atoms with van der Waals surface area (Å²) in [5, 5.41) is 0. The number of aromatic nitrogens is 2. The molecule has 2 aromatic rings. The van der Waals surface area contributed by atoms with Gasteiger partial charge >= 0.3 is 0 Å². The SMILES string of the molecule is CC(=O)N1CCC(C(=O)N2CCC[C@@H]2c2nc(N)ncc2-c2cccc(F)c2)CC1. The second-order valence-electron chi connectivity index (χ2n) is 8.01. The summed E-state index contributed by atoms with van der Waals surface area (Å²) < 4.78 is 13.8. The van der Waals surface area contributed by atoms with Crippen LogP contribution in [-0.2, 0) is 9.59 Å². The predicted octanol–water partition coefficient (Wildman–Crippen LogP) is 2.79. The van der Waals surface area contributed by atoms with Crippen molar-refractivity contribution >= 4 is 17.8 Å². The molecule has 30 heavy (non-hydrogen) atoms. The number of likely N-dealkylation sites (tertiary alicyclic amines) is 2. The molecule has 0 spiro atoms. The lowest BCUT2D eigenvalue weighted by Gasteiger charge is -2.34. The number of carbonyl (C=O) groups excluding carboxylic acids is 2. The van der Waals surface area contributed by atoms with Crippen LogP contribution in [0.3, 0.4) is 0 Å². The highest BCUT2D eigenvalue weighted by Crippen LogP contribution is 2.38. The smallest absolute Gasteiger partial charge is 0.226 e. The molecule has 0 radical (unpaired) electrons. The number of amides is 2. The third-order valence-electron chi connectivity index (χ3n) is 6.11. The van der Waals surface area contributed by atoms with Crippen LogP contribution in [0.4, 0.5) is 10.3 Å². The Morgan fingerprint density at radius 2 is 1.93 bits per heavy atom. The van der Waals surface area contributed by atoms with E-state index in [1.54, 1.807) is 30.2 Å². The van der Waals surface area contributed by atoms with Gasteiger partial charge in [0.2, 0.25) is 17.8 Å². The molecule has 2 fully saturated rings. The van der Waals surface area contributed by atoms with Crippen molar-refractivity contribution in [3.05, 3.63) is 42.0 Å². The van der Waals surface area contributed by atoms with Crippen molar-refractivity contribution in [2.24, 2.45) is 5.92 Å². The molecule has 0 unspecified atom stereocenters. The van der Waals surface area contributed by atoms with Gasteiger partial charge < -0.3 is 15.5 Å². The summed E-state index contributed by atoms with van der Waals surface area (Å²) in [7, 11) is 0. The van der Waals surface area contributed by atoms with Gasteiger partial charge in [-0.05, 0) is 43.4 Å². The third-order valence-corrected chi connectivity index (χ3v) is 6.11. The van der Waals surface area contributed by atoms with Gasteiger partial charge in [-0.2, -0.15) is 0 Å². The number of nitrogens with two attached hydrogens (primary N) is 1. The van der Waals surface area contributed by atoms with Gasteiger partial charge in [0.25, 0.3) is 0 Å². The number of anilines is 1. The fraction of sp³-hybridized carbons (Fsp3) is 0.455. The molecule has 158 valence electrons. The van der Waals surface area contributed by atoms with E-state index in [9.17, 15) is 14.0 Å². The molecule has 0 bridgehead atoms. The lowest BCUT2D eigenvalue weighted by atomic mass is 9.94. The summed E-state index contributed by atoms with van der Waals surface area (Å²) in [5.41, 5.74) is 7.90. The number of nitrogens with zero attached hydrogens (tertiary/aromatic N) is 4. The molecule has 0 saturated carbocycles. The Labute approximate surface area is 175 Å². The molecule has 8 heteroatoms. The number of piperidine rings is 1. The van der Waals surface area contributed by atoms with Crippen LogP contribution >= 0.6 is 0 Å². The van der Waals surface area contributed by atoms with Crippen LogP contribution in [0.5, 0.6) is 0 Å². The first-order chi connectivity index (χ1) is 14.4. The molecule has 2 aliphatic rings. The van der Waals surface area contributed by atoms with Gasteiger partial charge in [-0.1, -0.05) is 12.1 Å². The van der Waals surface area contributed by atoms with Crippen molar-refractivity contribution in [1.29, 1.82) is 0 Å². The predicted molar refractivity (Wildman–Crippen MR) is 111 cm³/mol. The van der Waals surface area contributed by atoms with E-state index >= 15 is 0 Å². The molecule has 2 aliphatic heterocycles. The Bertz CT molecular complexity index is 958. The van der Waals surface area contributed by atoms with E-state index in [0.29, 0.717) is 49.3 Å². The minimum atomic E-state index is -0.341. The lowest BCUT2D eigenvalue weighted by Crippen LogP contribution is -2.43. The molecule has 7 nitrogen and oxygen atoms in total. The molecule has 2 N–H and O–H groups in total. The van der Waals surface area contributed by atoms with Crippen LogP contribution in [0.15, 0.2) is 30.5 Å². The Hall–Kier alpha value is -3.03. The second kappa shape index (κ2) is 8.38. The van der Waals surface area contributed by atoms with Gasteiger partial charge in [-0.25, -0.2) is 14.4 Å². The fourth-order valence-corrected chi connectivity index (χ4v) is 4.53. The molecule has 2 amide bonds. The van der Waals surface area contributed by atoms with Crippen molar-refractivity contribution < 1.29 is 14.0 Å². The quantitative estimate of drug-likeness (QED) is 0.838. The summed E-state index contributed by atoms with van der Waals surface area (Å²) in [6, 6.07) is 6.06. The number of hydrogen-bond donors (Lipinski definition) is 1. The van der Waals surface area contributed by atoms with Crippen LogP contribution in [0, 0.1) is 11.7 Å². The van der Waals surface area contributed by atoms with Gasteiger partial charge in [0.15, 0.2) is 0 Å². The van der Waals surface area contributed by atoms with Crippen molar-refractivity contribution in [1.82, 2.24) is 19.8 Å². The minimum absolute atomic E-state index is 0.0520. The van der Waals surface area contributed by atoms with Crippen LogP contribution in [0.25, 0.3) is 11.1 Å². The number of nitrogen functional groups attached to an aromatic ring is 1. The Kier molecular flexibility index (Phi) is 5.65. The van der Waals surface area contributed by atoms with Crippen molar-refractivity contribution in [2.75, 3.05) is 25.4 Å². The second-order valence-corrected chi connectivity index (χ2v) is 8.01. The molecule has 1 aromatic carbocycles. The Morgan fingerprint density at radius 1 is 1.17 bits per heavy atom. The topological polar surface area (TPSA) is 92.4 Å². The minimum Gasteiger partial charge on any atom is -0.368 e. The summed E-state index contributed by atoms with van der Waals surface area (Å²) in [6.45, 7) is 3.44. The number of benzene rings is 1. The number of carbonyl (C=O) groups is 2. The number of rotatable bonds is 3. The summed E-state index contributed by atoms with van der Waals surface area (Å²) in [5.74, 6) is -0.150. The van der Waals surface area contributed by atoms with Crippen molar-refractivity contribution in [3.63, 3.8) is 0 Å². The van der Waals surface area contributed by atoms with E-state index in [2.05, 4.69) is 9.97 Å². The maximum Gasteiger partial charge on any atom is 0.226 e. The number of hydrogen-bond acceptors (Lipinski definition) is 5. The largest absolute Gasteiger partial charge is 0.368 e. The van der Waals surface area contributed by atoms with Gasteiger partial charge in [0.05, 0.1) is 11.7 Å². The molecule has 0 aliphatic carbocycles. The zero-order valence-corrected chi connectivity index (χ0v) is 17.1. The van der Waals surface area contributed by atoms with Gasteiger partial charge in [0, 0.05) is 44.2 Å². The molecule has 4 rings (SSSR count). The molecule has 3 heterocycles. The summed E-state index contributed by atoms with van der Waals surface area (Å²) in [4.78, 5) is 37.2. The monoisotopic (exact) mass is 411 g/mol. The van der Waals surface area contributed by atoms with Gasteiger partial charge in [0.1, 0.15) is 5.82 Å². The Balaban J connectivity index is 1.60. The van der Waals surface area contributed by atoms with Gasteiger partial charge in [-0.15, -0.1) is 0 Å². The van der Waals surface area contributed by atoms with E-state index in [1.165, 1.54) is 12.1 Å². The zero-order valence-electron chi connectivity index (χ0n) is 17.1. The highest BCUT2D eigenvalue weighted by Gasteiger charge is 2.37.